The number of hydrogen-bond acceptors (Lipinski definition) is 4. The van der Waals surface area contributed by atoms with Crippen LogP contribution in [0.1, 0.15) is 0 Å². The molecule has 1 aromatic carbocycles. The molecule has 0 aliphatic rings. The van der Waals surface area contributed by atoms with Gasteiger partial charge in [-0.1, -0.05) is 11.6 Å². The highest BCUT2D eigenvalue weighted by Crippen LogP contribution is 2.16. The number of nitrogen functional groups attached to an aromatic ring is 1. The molecular weight excluding hydrogens is 266 g/mol. The number of rotatable bonds is 4. The number of benzene rings is 1. The van der Waals surface area contributed by atoms with Gasteiger partial charge in [0.2, 0.25) is 0 Å². The summed E-state index contributed by atoms with van der Waals surface area (Å²) in [4.78, 5) is 15.6. The molecule has 1 aromatic heterocycles. The molecule has 0 radical (unpaired) electrons. The van der Waals surface area contributed by atoms with Gasteiger partial charge in [0.25, 0.3) is 5.91 Å². The summed E-state index contributed by atoms with van der Waals surface area (Å²) in [5.41, 5.74) is 6.07. The molecule has 0 bridgehead atoms. The monoisotopic (exact) mass is 277 g/mol. The number of ether oxygens (including phenoxy) is 1. The van der Waals surface area contributed by atoms with Crippen molar-refractivity contribution in [1.29, 1.82) is 0 Å². The average molecular weight is 278 g/mol. The molecule has 0 saturated carbocycles. The van der Waals surface area contributed by atoms with Crippen molar-refractivity contribution in [2.24, 2.45) is 0 Å². The van der Waals surface area contributed by atoms with Crippen LogP contribution in [0.15, 0.2) is 42.6 Å². The first kappa shape index (κ1) is 13.2. The van der Waals surface area contributed by atoms with Gasteiger partial charge in [-0.25, -0.2) is 4.98 Å². The first-order chi connectivity index (χ1) is 9.15. The fourth-order valence-electron chi connectivity index (χ4n) is 1.37. The third-order valence-corrected chi connectivity index (χ3v) is 2.53. The number of aromatic nitrogens is 1. The number of hydrogen-bond donors (Lipinski definition) is 2. The standard InChI is InChI=1S/C13H12ClN3O2/c14-9-3-5-10(6-4-9)19-8-12(18)17-13-11(15)2-1-7-16-13/h1-7H,8,15H2,(H,16,17,18). The zero-order chi connectivity index (χ0) is 13.7. The Balaban J connectivity index is 1.88. The van der Waals surface area contributed by atoms with Crippen molar-refractivity contribution in [2.75, 3.05) is 17.7 Å². The van der Waals surface area contributed by atoms with Gasteiger partial charge in [0.05, 0.1) is 5.69 Å². The molecule has 0 saturated heterocycles. The predicted octanol–water partition coefficient (Wildman–Crippen LogP) is 2.33. The van der Waals surface area contributed by atoms with E-state index >= 15 is 0 Å². The van der Waals surface area contributed by atoms with Crippen molar-refractivity contribution in [3.05, 3.63) is 47.6 Å². The van der Waals surface area contributed by atoms with E-state index in [2.05, 4.69) is 10.3 Å². The number of carbonyl (C=O) groups excluding carboxylic acids is 1. The number of nitrogens with one attached hydrogen (secondary N) is 1. The Morgan fingerprint density at radius 1 is 1.32 bits per heavy atom. The van der Waals surface area contributed by atoms with Gasteiger partial charge >= 0.3 is 0 Å². The van der Waals surface area contributed by atoms with Gasteiger partial charge in [0, 0.05) is 11.2 Å². The second-order valence-corrected chi connectivity index (χ2v) is 4.17. The summed E-state index contributed by atoms with van der Waals surface area (Å²) in [6.45, 7) is -0.127. The summed E-state index contributed by atoms with van der Waals surface area (Å²) >= 11 is 5.74. The minimum Gasteiger partial charge on any atom is -0.484 e. The highest BCUT2D eigenvalue weighted by molar-refractivity contribution is 6.30. The Kier molecular flexibility index (Phi) is 4.20. The molecule has 0 unspecified atom stereocenters. The Morgan fingerprint density at radius 3 is 2.74 bits per heavy atom. The van der Waals surface area contributed by atoms with Crippen molar-refractivity contribution in [2.45, 2.75) is 0 Å². The Bertz CT molecular complexity index is 572. The van der Waals surface area contributed by atoms with Gasteiger partial charge in [-0.2, -0.15) is 0 Å². The van der Waals surface area contributed by atoms with E-state index in [9.17, 15) is 4.79 Å². The van der Waals surface area contributed by atoms with Crippen LogP contribution >= 0.6 is 11.6 Å². The van der Waals surface area contributed by atoms with E-state index in [1.807, 2.05) is 0 Å². The summed E-state index contributed by atoms with van der Waals surface area (Å²) in [6.07, 6.45) is 1.55. The SMILES string of the molecule is Nc1cccnc1NC(=O)COc1ccc(Cl)cc1. The lowest BCUT2D eigenvalue weighted by Crippen LogP contribution is -2.21. The molecule has 0 spiro atoms. The largest absolute Gasteiger partial charge is 0.484 e. The van der Waals surface area contributed by atoms with Crippen LogP contribution in [0.5, 0.6) is 5.75 Å². The molecule has 6 heteroatoms. The van der Waals surface area contributed by atoms with Gasteiger partial charge in [-0.05, 0) is 36.4 Å². The van der Waals surface area contributed by atoms with Gasteiger partial charge in [0.1, 0.15) is 5.75 Å². The molecule has 19 heavy (non-hydrogen) atoms. The molecule has 1 amide bonds. The normalized spacial score (nSPS) is 9.95. The van der Waals surface area contributed by atoms with Gasteiger partial charge in [-0.3, -0.25) is 4.79 Å². The van der Waals surface area contributed by atoms with Crippen LogP contribution in [0.4, 0.5) is 11.5 Å². The number of anilines is 2. The first-order valence-corrected chi connectivity index (χ1v) is 5.91. The molecule has 2 rings (SSSR count). The van der Waals surface area contributed by atoms with Crippen LogP contribution in [0, 0.1) is 0 Å². The van der Waals surface area contributed by atoms with E-state index in [1.165, 1.54) is 0 Å². The Hall–Kier alpha value is -2.27. The summed E-state index contributed by atoms with van der Waals surface area (Å²) in [7, 11) is 0. The van der Waals surface area contributed by atoms with E-state index in [0.717, 1.165) is 0 Å². The number of halogens is 1. The summed E-state index contributed by atoms with van der Waals surface area (Å²) in [5.74, 6) is 0.557. The van der Waals surface area contributed by atoms with Crippen LogP contribution in [-0.2, 0) is 4.79 Å². The van der Waals surface area contributed by atoms with Crippen LogP contribution in [0.2, 0.25) is 5.02 Å². The second-order valence-electron chi connectivity index (χ2n) is 3.73. The molecule has 5 nitrogen and oxygen atoms in total. The van der Waals surface area contributed by atoms with Crippen molar-refractivity contribution < 1.29 is 9.53 Å². The van der Waals surface area contributed by atoms with E-state index in [1.54, 1.807) is 42.6 Å². The topological polar surface area (TPSA) is 77.2 Å². The van der Waals surface area contributed by atoms with Crippen LogP contribution in [0.25, 0.3) is 0 Å². The molecule has 0 atom stereocenters. The smallest absolute Gasteiger partial charge is 0.263 e. The van der Waals surface area contributed by atoms with Crippen molar-refractivity contribution in [3.8, 4) is 5.75 Å². The molecule has 0 aliphatic carbocycles. The van der Waals surface area contributed by atoms with Crippen molar-refractivity contribution in [1.82, 2.24) is 4.98 Å². The number of pyridine rings is 1. The molecule has 2 aromatic rings. The maximum Gasteiger partial charge on any atom is 0.263 e. The van der Waals surface area contributed by atoms with Crippen LogP contribution in [0.3, 0.4) is 0 Å². The van der Waals surface area contributed by atoms with Crippen LogP contribution < -0.4 is 15.8 Å². The fourth-order valence-corrected chi connectivity index (χ4v) is 1.50. The maximum atomic E-state index is 11.6. The summed E-state index contributed by atoms with van der Waals surface area (Å²) in [6, 6.07) is 10.1. The zero-order valence-corrected chi connectivity index (χ0v) is 10.7. The molecule has 98 valence electrons. The van der Waals surface area contributed by atoms with Gasteiger partial charge in [-0.15, -0.1) is 0 Å². The van der Waals surface area contributed by atoms with E-state index < -0.39 is 0 Å². The molecule has 0 fully saturated rings. The van der Waals surface area contributed by atoms with Crippen molar-refractivity contribution >= 4 is 29.0 Å². The Labute approximate surface area is 115 Å². The van der Waals surface area contributed by atoms with Gasteiger partial charge in [0.15, 0.2) is 12.4 Å². The molecular formula is C13H12ClN3O2. The van der Waals surface area contributed by atoms with Crippen LogP contribution in [-0.4, -0.2) is 17.5 Å². The fraction of sp³-hybridized carbons (Fsp3) is 0.0769. The lowest BCUT2D eigenvalue weighted by Gasteiger charge is -2.08. The average Bonchev–Trinajstić information content (AvgIpc) is 2.41. The summed E-state index contributed by atoms with van der Waals surface area (Å²) in [5, 5.41) is 3.18. The highest BCUT2D eigenvalue weighted by atomic mass is 35.5. The quantitative estimate of drug-likeness (QED) is 0.899. The second kappa shape index (κ2) is 6.06. The number of nitrogens with two attached hydrogens (primary N) is 1. The van der Waals surface area contributed by atoms with Crippen molar-refractivity contribution in [3.63, 3.8) is 0 Å². The number of amides is 1. The first-order valence-electron chi connectivity index (χ1n) is 5.54. The zero-order valence-electron chi connectivity index (χ0n) is 9.97. The molecule has 1 heterocycles. The lowest BCUT2D eigenvalue weighted by atomic mass is 10.3. The summed E-state index contributed by atoms with van der Waals surface area (Å²) < 4.78 is 5.30. The van der Waals surface area contributed by atoms with E-state index in [0.29, 0.717) is 22.3 Å². The minimum absolute atomic E-state index is 0.127. The number of carbonyl (C=O) groups is 1. The molecule has 0 aliphatic heterocycles. The van der Waals surface area contributed by atoms with Gasteiger partial charge < -0.3 is 15.8 Å². The Morgan fingerprint density at radius 2 is 2.05 bits per heavy atom. The van der Waals surface area contributed by atoms with E-state index in [4.69, 9.17) is 22.1 Å². The lowest BCUT2D eigenvalue weighted by molar-refractivity contribution is -0.118. The number of nitrogens with zero attached hydrogens (tertiary/aromatic N) is 1. The highest BCUT2D eigenvalue weighted by Gasteiger charge is 2.06. The minimum atomic E-state index is -0.333. The third kappa shape index (κ3) is 3.86. The third-order valence-electron chi connectivity index (χ3n) is 2.28. The predicted molar refractivity (Wildman–Crippen MR) is 74.2 cm³/mol. The molecule has 3 N–H and O–H groups in total. The van der Waals surface area contributed by atoms with E-state index in [-0.39, 0.29) is 12.5 Å². The maximum absolute atomic E-state index is 11.6.